The van der Waals surface area contributed by atoms with Crippen molar-refractivity contribution in [2.24, 2.45) is 0 Å². The third-order valence-electron chi connectivity index (χ3n) is 6.19. The fraction of sp³-hybridized carbons (Fsp3) is 0.188. The van der Waals surface area contributed by atoms with Gasteiger partial charge in [-0.05, 0) is 81.8 Å². The standard InChI is InChI=1S/C32H29IN2O5/c1-4-39-30-16-21(14-25(18-34)32(36)35-19-23-12-13-26(37-2)17-29(23)38-3)15-28(33)31(30)40-20-24-10-7-9-22-8-5-6-11-27(22)24/h5-17H,4,19-20H2,1-3H3,(H,35,36)/b25-14+. The Hall–Kier alpha value is -4.23. The lowest BCUT2D eigenvalue weighted by atomic mass is 10.1. The van der Waals surface area contributed by atoms with E-state index in [0.717, 1.165) is 25.5 Å². The van der Waals surface area contributed by atoms with E-state index in [0.29, 0.717) is 41.8 Å². The molecule has 4 aromatic carbocycles. The molecule has 0 aromatic heterocycles. The Kier molecular flexibility index (Phi) is 9.86. The van der Waals surface area contributed by atoms with Gasteiger partial charge in [0.15, 0.2) is 11.5 Å². The molecule has 40 heavy (non-hydrogen) atoms. The molecule has 0 saturated carbocycles. The fourth-order valence-electron chi connectivity index (χ4n) is 4.23. The predicted molar refractivity (Wildman–Crippen MR) is 164 cm³/mol. The van der Waals surface area contributed by atoms with Crippen molar-refractivity contribution >= 4 is 45.3 Å². The predicted octanol–water partition coefficient (Wildman–Crippen LogP) is 6.66. The zero-order valence-corrected chi connectivity index (χ0v) is 24.7. The van der Waals surface area contributed by atoms with Gasteiger partial charge < -0.3 is 24.3 Å². The summed E-state index contributed by atoms with van der Waals surface area (Å²) in [5.41, 5.74) is 2.45. The number of methoxy groups -OCH3 is 2. The molecule has 0 atom stereocenters. The van der Waals surface area contributed by atoms with Crippen molar-refractivity contribution in [1.29, 1.82) is 5.26 Å². The quantitative estimate of drug-likeness (QED) is 0.111. The van der Waals surface area contributed by atoms with Crippen LogP contribution >= 0.6 is 22.6 Å². The van der Waals surface area contributed by atoms with Crippen molar-refractivity contribution < 1.29 is 23.7 Å². The van der Waals surface area contributed by atoms with Crippen molar-refractivity contribution in [3.63, 3.8) is 0 Å². The molecule has 0 bridgehead atoms. The summed E-state index contributed by atoms with van der Waals surface area (Å²) in [5, 5.41) is 14.8. The summed E-state index contributed by atoms with van der Waals surface area (Å²) in [4.78, 5) is 12.9. The molecule has 0 aliphatic carbocycles. The van der Waals surface area contributed by atoms with Gasteiger partial charge in [0.2, 0.25) is 0 Å². The van der Waals surface area contributed by atoms with E-state index in [1.54, 1.807) is 44.6 Å². The number of hydrogen-bond acceptors (Lipinski definition) is 6. The molecule has 0 fully saturated rings. The lowest BCUT2D eigenvalue weighted by molar-refractivity contribution is -0.117. The van der Waals surface area contributed by atoms with Crippen LogP contribution in [0.4, 0.5) is 0 Å². The zero-order chi connectivity index (χ0) is 28.5. The molecule has 0 saturated heterocycles. The molecule has 7 nitrogen and oxygen atoms in total. The topological polar surface area (TPSA) is 89.8 Å². The van der Waals surface area contributed by atoms with Crippen molar-refractivity contribution in [2.45, 2.75) is 20.1 Å². The van der Waals surface area contributed by atoms with Crippen LogP contribution in [0.1, 0.15) is 23.6 Å². The number of halogens is 1. The van der Waals surface area contributed by atoms with E-state index >= 15 is 0 Å². The summed E-state index contributed by atoms with van der Waals surface area (Å²) in [6, 6.07) is 25.3. The van der Waals surface area contributed by atoms with E-state index in [1.807, 2.05) is 43.3 Å². The van der Waals surface area contributed by atoms with Gasteiger partial charge in [0.25, 0.3) is 5.91 Å². The third-order valence-corrected chi connectivity index (χ3v) is 6.99. The Morgan fingerprint density at radius 3 is 2.50 bits per heavy atom. The highest BCUT2D eigenvalue weighted by molar-refractivity contribution is 14.1. The second-order valence-electron chi connectivity index (χ2n) is 8.72. The molecular weight excluding hydrogens is 619 g/mol. The molecule has 0 radical (unpaired) electrons. The van der Waals surface area contributed by atoms with Gasteiger partial charge in [-0.15, -0.1) is 0 Å². The summed E-state index contributed by atoms with van der Waals surface area (Å²) in [5.74, 6) is 1.89. The summed E-state index contributed by atoms with van der Waals surface area (Å²) in [6.45, 7) is 2.88. The molecule has 204 valence electrons. The number of nitrogens with one attached hydrogen (secondary N) is 1. The first-order valence-electron chi connectivity index (χ1n) is 12.6. The summed E-state index contributed by atoms with van der Waals surface area (Å²) in [7, 11) is 3.12. The minimum atomic E-state index is -0.496. The monoisotopic (exact) mass is 648 g/mol. The van der Waals surface area contributed by atoms with E-state index in [2.05, 4.69) is 46.1 Å². The van der Waals surface area contributed by atoms with Crippen molar-refractivity contribution in [3.8, 4) is 29.1 Å². The zero-order valence-electron chi connectivity index (χ0n) is 22.5. The van der Waals surface area contributed by atoms with Gasteiger partial charge in [-0.2, -0.15) is 5.26 Å². The Bertz CT molecular complexity index is 1590. The SMILES string of the molecule is CCOc1cc(/C=C(\C#N)C(=O)NCc2ccc(OC)cc2OC)cc(I)c1OCc1cccc2ccccc12. The van der Waals surface area contributed by atoms with Gasteiger partial charge in [-0.25, -0.2) is 0 Å². The van der Waals surface area contributed by atoms with Crippen LogP contribution in [0.5, 0.6) is 23.0 Å². The van der Waals surface area contributed by atoms with E-state index < -0.39 is 5.91 Å². The summed E-state index contributed by atoms with van der Waals surface area (Å²) in [6.07, 6.45) is 1.54. The minimum Gasteiger partial charge on any atom is -0.497 e. The molecule has 4 rings (SSSR count). The minimum absolute atomic E-state index is 0.0323. The number of amides is 1. The van der Waals surface area contributed by atoms with Gasteiger partial charge in [0, 0.05) is 18.2 Å². The first-order valence-corrected chi connectivity index (χ1v) is 13.7. The first-order chi connectivity index (χ1) is 19.5. The lowest BCUT2D eigenvalue weighted by Crippen LogP contribution is -2.24. The molecule has 8 heteroatoms. The first kappa shape index (κ1) is 28.8. The molecule has 0 aliphatic rings. The number of carbonyl (C=O) groups excluding carboxylic acids is 1. The summed E-state index contributed by atoms with van der Waals surface area (Å²) >= 11 is 2.18. The molecular formula is C32H29IN2O5. The number of ether oxygens (including phenoxy) is 4. The number of nitriles is 1. The average molecular weight is 648 g/mol. The van der Waals surface area contributed by atoms with Gasteiger partial charge in [-0.1, -0.05) is 42.5 Å². The fourth-order valence-corrected chi connectivity index (χ4v) is 5.01. The van der Waals surface area contributed by atoms with Crippen LogP contribution < -0.4 is 24.3 Å². The van der Waals surface area contributed by atoms with E-state index in [9.17, 15) is 10.1 Å². The highest BCUT2D eigenvalue weighted by Crippen LogP contribution is 2.36. The largest absolute Gasteiger partial charge is 0.497 e. The smallest absolute Gasteiger partial charge is 0.262 e. The maximum atomic E-state index is 12.9. The number of fused-ring (bicyclic) bond motifs is 1. The molecule has 4 aromatic rings. The molecule has 0 aliphatic heterocycles. The third kappa shape index (κ3) is 6.85. The van der Waals surface area contributed by atoms with Crippen LogP contribution in [0.2, 0.25) is 0 Å². The number of hydrogen-bond donors (Lipinski definition) is 1. The molecule has 1 N–H and O–H groups in total. The highest BCUT2D eigenvalue weighted by Gasteiger charge is 2.16. The van der Waals surface area contributed by atoms with E-state index in [4.69, 9.17) is 18.9 Å². The molecule has 0 unspecified atom stereocenters. The number of benzene rings is 4. The van der Waals surface area contributed by atoms with Crippen LogP contribution in [0.25, 0.3) is 16.8 Å². The maximum Gasteiger partial charge on any atom is 0.262 e. The Balaban J connectivity index is 1.53. The van der Waals surface area contributed by atoms with Crippen LogP contribution in [0.15, 0.2) is 78.4 Å². The van der Waals surface area contributed by atoms with Gasteiger partial charge in [0.1, 0.15) is 29.7 Å². The van der Waals surface area contributed by atoms with Gasteiger partial charge in [0.05, 0.1) is 24.4 Å². The Morgan fingerprint density at radius 2 is 1.75 bits per heavy atom. The lowest BCUT2D eigenvalue weighted by Gasteiger charge is -2.16. The van der Waals surface area contributed by atoms with Gasteiger partial charge >= 0.3 is 0 Å². The maximum absolute atomic E-state index is 12.9. The number of carbonyl (C=O) groups is 1. The van der Waals surface area contributed by atoms with E-state index in [-0.39, 0.29) is 12.1 Å². The Morgan fingerprint density at radius 1 is 0.950 bits per heavy atom. The van der Waals surface area contributed by atoms with Crippen molar-refractivity contribution in [3.05, 3.63) is 98.6 Å². The van der Waals surface area contributed by atoms with Crippen molar-refractivity contribution in [1.82, 2.24) is 5.32 Å². The van der Waals surface area contributed by atoms with Gasteiger partial charge in [-0.3, -0.25) is 4.79 Å². The highest BCUT2D eigenvalue weighted by atomic mass is 127. The van der Waals surface area contributed by atoms with Crippen LogP contribution in [0.3, 0.4) is 0 Å². The van der Waals surface area contributed by atoms with Crippen molar-refractivity contribution in [2.75, 3.05) is 20.8 Å². The Labute approximate surface area is 247 Å². The second-order valence-corrected chi connectivity index (χ2v) is 9.88. The normalized spacial score (nSPS) is 11.0. The van der Waals surface area contributed by atoms with E-state index in [1.165, 1.54) is 0 Å². The second kappa shape index (κ2) is 13.7. The van der Waals surface area contributed by atoms with Crippen LogP contribution in [0, 0.1) is 14.9 Å². The van der Waals surface area contributed by atoms with Crippen LogP contribution in [-0.2, 0) is 17.9 Å². The van der Waals surface area contributed by atoms with Crippen LogP contribution in [-0.4, -0.2) is 26.7 Å². The number of nitrogens with zero attached hydrogens (tertiary/aromatic N) is 1. The summed E-state index contributed by atoms with van der Waals surface area (Å²) < 4.78 is 23.6. The molecule has 0 spiro atoms. The average Bonchev–Trinajstić information content (AvgIpc) is 2.98. The molecule has 1 amide bonds. The molecule has 0 heterocycles. The number of rotatable bonds is 11.